The average molecular weight is 452 g/mol. The van der Waals surface area contributed by atoms with Crippen molar-refractivity contribution in [1.29, 1.82) is 0 Å². The van der Waals surface area contributed by atoms with Gasteiger partial charge in [-0.3, -0.25) is 14.0 Å². The molecule has 1 N–H and O–H groups in total. The molecule has 0 saturated carbocycles. The summed E-state index contributed by atoms with van der Waals surface area (Å²) >= 11 is 1.28. The van der Waals surface area contributed by atoms with Crippen LogP contribution in [0.1, 0.15) is 19.4 Å². The van der Waals surface area contributed by atoms with Crippen molar-refractivity contribution in [3.8, 4) is 11.4 Å². The Bertz CT molecular complexity index is 1360. The zero-order chi connectivity index (χ0) is 22.8. The Hall–Kier alpha value is -3.33. The lowest BCUT2D eigenvalue weighted by atomic mass is 10.2. The number of para-hydroxylation sites is 1. The Kier molecular flexibility index (Phi) is 6.18. The van der Waals surface area contributed by atoms with Gasteiger partial charge in [-0.1, -0.05) is 43.8 Å². The zero-order valence-corrected chi connectivity index (χ0v) is 19.3. The number of aryl methyl sites for hydroxylation is 1. The number of thioether (sulfide) groups is 1. The highest BCUT2D eigenvalue weighted by atomic mass is 32.2. The third kappa shape index (κ3) is 4.08. The predicted octanol–water partition coefficient (Wildman–Crippen LogP) is 3.21. The molecule has 0 saturated heterocycles. The summed E-state index contributed by atoms with van der Waals surface area (Å²) in [4.78, 5) is 25.7. The maximum absolute atomic E-state index is 13.5. The van der Waals surface area contributed by atoms with Gasteiger partial charge in [-0.05, 0) is 42.7 Å². The minimum Gasteiger partial charge on any atom is -0.495 e. The molecule has 0 aliphatic rings. The standard InChI is InChI=1S/C23H25N5O3S/c1-14(2)12-24-20(29)13-32-23-26-25-22-27(18-11-15(3)9-10-19(18)31-4)21(30)16-7-5-6-8-17(16)28(22)23/h5-11,14H,12-13H2,1-4H3,(H,24,29). The Morgan fingerprint density at radius 3 is 2.72 bits per heavy atom. The van der Waals surface area contributed by atoms with Gasteiger partial charge in [0.25, 0.3) is 5.56 Å². The summed E-state index contributed by atoms with van der Waals surface area (Å²) in [5, 5.41) is 12.6. The number of hydrogen-bond donors (Lipinski definition) is 1. The van der Waals surface area contributed by atoms with Gasteiger partial charge in [0.2, 0.25) is 11.7 Å². The van der Waals surface area contributed by atoms with Crippen molar-refractivity contribution in [3.05, 3.63) is 58.4 Å². The molecule has 0 radical (unpaired) electrons. The number of rotatable bonds is 7. The lowest BCUT2D eigenvalue weighted by Crippen LogP contribution is -2.28. The van der Waals surface area contributed by atoms with Crippen LogP contribution in [0.3, 0.4) is 0 Å². The van der Waals surface area contributed by atoms with Gasteiger partial charge in [-0.25, -0.2) is 4.57 Å². The Labute approximate surface area is 189 Å². The Balaban J connectivity index is 1.88. The molecule has 1 amide bonds. The average Bonchev–Trinajstić information content (AvgIpc) is 3.20. The fourth-order valence-corrected chi connectivity index (χ4v) is 4.23. The first-order valence-electron chi connectivity index (χ1n) is 10.3. The summed E-state index contributed by atoms with van der Waals surface area (Å²) in [5.41, 5.74) is 2.04. The summed E-state index contributed by atoms with van der Waals surface area (Å²) in [6.45, 7) is 6.66. The minimum atomic E-state index is -0.212. The summed E-state index contributed by atoms with van der Waals surface area (Å²) in [6, 6.07) is 13.0. The molecule has 0 unspecified atom stereocenters. The van der Waals surface area contributed by atoms with Crippen molar-refractivity contribution in [2.45, 2.75) is 25.9 Å². The molecule has 0 spiro atoms. The number of ether oxygens (including phenoxy) is 1. The van der Waals surface area contributed by atoms with Crippen LogP contribution in [0.2, 0.25) is 0 Å². The van der Waals surface area contributed by atoms with Crippen molar-refractivity contribution >= 4 is 34.3 Å². The van der Waals surface area contributed by atoms with E-state index < -0.39 is 0 Å². The number of carbonyl (C=O) groups excluding carboxylic acids is 1. The van der Waals surface area contributed by atoms with E-state index in [1.165, 1.54) is 16.3 Å². The normalized spacial score (nSPS) is 11.4. The molecule has 2 heterocycles. The van der Waals surface area contributed by atoms with E-state index in [1.54, 1.807) is 13.2 Å². The van der Waals surface area contributed by atoms with Crippen LogP contribution in [0, 0.1) is 12.8 Å². The summed E-state index contributed by atoms with van der Waals surface area (Å²) in [5.74, 6) is 1.43. The first-order chi connectivity index (χ1) is 15.4. The third-order valence-electron chi connectivity index (χ3n) is 5.01. The van der Waals surface area contributed by atoms with E-state index in [9.17, 15) is 9.59 Å². The number of methoxy groups -OCH3 is 1. The number of nitrogens with one attached hydrogen (secondary N) is 1. The second-order valence-electron chi connectivity index (χ2n) is 7.94. The molecule has 0 aliphatic heterocycles. The van der Waals surface area contributed by atoms with E-state index in [-0.39, 0.29) is 17.2 Å². The Morgan fingerprint density at radius 2 is 1.97 bits per heavy atom. The SMILES string of the molecule is COc1ccc(C)cc1-n1c(=O)c2ccccc2n2c(SCC(=O)NCC(C)C)nnc12. The number of hydrogen-bond acceptors (Lipinski definition) is 6. The number of amides is 1. The van der Waals surface area contributed by atoms with Crippen LogP contribution in [-0.2, 0) is 4.79 Å². The van der Waals surface area contributed by atoms with E-state index in [4.69, 9.17) is 4.74 Å². The van der Waals surface area contributed by atoms with Gasteiger partial charge in [0.15, 0.2) is 5.16 Å². The van der Waals surface area contributed by atoms with E-state index in [0.29, 0.717) is 45.7 Å². The molecule has 4 aromatic rings. The fraction of sp³-hybridized carbons (Fsp3) is 0.304. The van der Waals surface area contributed by atoms with Crippen molar-refractivity contribution < 1.29 is 9.53 Å². The topological polar surface area (TPSA) is 90.5 Å². The van der Waals surface area contributed by atoms with Gasteiger partial charge >= 0.3 is 0 Å². The highest BCUT2D eigenvalue weighted by Gasteiger charge is 2.20. The predicted molar refractivity (Wildman–Crippen MR) is 126 cm³/mol. The maximum atomic E-state index is 13.5. The van der Waals surface area contributed by atoms with Crippen molar-refractivity contribution in [1.82, 2.24) is 24.5 Å². The van der Waals surface area contributed by atoms with Crippen LogP contribution < -0.4 is 15.6 Å². The summed E-state index contributed by atoms with van der Waals surface area (Å²) < 4.78 is 8.86. The maximum Gasteiger partial charge on any atom is 0.267 e. The van der Waals surface area contributed by atoms with Gasteiger partial charge in [0.05, 0.1) is 29.5 Å². The molecule has 8 nitrogen and oxygen atoms in total. The van der Waals surface area contributed by atoms with Crippen LogP contribution in [-0.4, -0.2) is 44.5 Å². The van der Waals surface area contributed by atoms with Crippen LogP contribution in [0.15, 0.2) is 52.4 Å². The van der Waals surface area contributed by atoms with Crippen LogP contribution in [0.4, 0.5) is 0 Å². The number of fused-ring (bicyclic) bond motifs is 3. The fourth-order valence-electron chi connectivity index (χ4n) is 3.46. The first-order valence-corrected chi connectivity index (χ1v) is 11.3. The van der Waals surface area contributed by atoms with E-state index >= 15 is 0 Å². The number of carbonyl (C=O) groups is 1. The monoisotopic (exact) mass is 451 g/mol. The van der Waals surface area contributed by atoms with Crippen molar-refractivity contribution in [3.63, 3.8) is 0 Å². The smallest absolute Gasteiger partial charge is 0.267 e. The van der Waals surface area contributed by atoms with Crippen molar-refractivity contribution in [2.75, 3.05) is 19.4 Å². The van der Waals surface area contributed by atoms with Gasteiger partial charge in [0, 0.05) is 6.54 Å². The molecule has 166 valence electrons. The summed E-state index contributed by atoms with van der Waals surface area (Å²) in [7, 11) is 1.57. The van der Waals surface area contributed by atoms with Crippen LogP contribution in [0.25, 0.3) is 22.4 Å². The van der Waals surface area contributed by atoms with Crippen molar-refractivity contribution in [2.24, 2.45) is 5.92 Å². The lowest BCUT2D eigenvalue weighted by Gasteiger charge is -2.14. The highest BCUT2D eigenvalue weighted by Crippen LogP contribution is 2.27. The minimum absolute atomic E-state index is 0.0709. The van der Waals surface area contributed by atoms with E-state index in [1.807, 2.05) is 61.6 Å². The second-order valence-corrected chi connectivity index (χ2v) is 8.88. The number of aromatic nitrogens is 4. The first kappa shape index (κ1) is 21.9. The van der Waals surface area contributed by atoms with Crippen LogP contribution >= 0.6 is 11.8 Å². The number of nitrogens with zero attached hydrogens (tertiary/aromatic N) is 4. The molecule has 0 fully saturated rings. The zero-order valence-electron chi connectivity index (χ0n) is 18.5. The number of benzene rings is 2. The lowest BCUT2D eigenvalue weighted by molar-refractivity contribution is -0.118. The largest absolute Gasteiger partial charge is 0.495 e. The molecular weight excluding hydrogens is 426 g/mol. The van der Waals surface area contributed by atoms with E-state index in [0.717, 1.165) is 5.56 Å². The molecule has 0 atom stereocenters. The summed E-state index contributed by atoms with van der Waals surface area (Å²) in [6.07, 6.45) is 0. The van der Waals surface area contributed by atoms with Gasteiger partial charge in [0.1, 0.15) is 5.75 Å². The highest BCUT2D eigenvalue weighted by molar-refractivity contribution is 7.99. The molecule has 4 rings (SSSR count). The van der Waals surface area contributed by atoms with Crippen LogP contribution in [0.5, 0.6) is 5.75 Å². The molecule has 9 heteroatoms. The second kappa shape index (κ2) is 9.04. The molecule has 0 bridgehead atoms. The quantitative estimate of drug-likeness (QED) is 0.434. The van der Waals surface area contributed by atoms with E-state index in [2.05, 4.69) is 15.5 Å². The van der Waals surface area contributed by atoms with Gasteiger partial charge in [-0.15, -0.1) is 10.2 Å². The molecule has 32 heavy (non-hydrogen) atoms. The van der Waals surface area contributed by atoms with Gasteiger partial charge < -0.3 is 10.1 Å². The molecule has 0 aliphatic carbocycles. The third-order valence-corrected chi connectivity index (χ3v) is 5.94. The molecular formula is C23H25N5O3S. The van der Waals surface area contributed by atoms with Gasteiger partial charge in [-0.2, -0.15) is 0 Å². The molecule has 2 aromatic heterocycles. The Morgan fingerprint density at radius 1 is 1.19 bits per heavy atom. The molecule has 2 aromatic carbocycles.